The SMILES string of the molecule is CC(C)(C)c1ccc(Oc2nc3ccccn3c(=O)c2/C=C(\C#N)C(=O)NCc2ccccc2)cc1. The van der Waals surface area contributed by atoms with Crippen LogP contribution >= 0.6 is 0 Å². The Morgan fingerprint density at radius 1 is 1.06 bits per heavy atom. The lowest BCUT2D eigenvalue weighted by Gasteiger charge is -2.19. The molecule has 7 heteroatoms. The molecule has 0 aliphatic heterocycles. The fourth-order valence-electron chi connectivity index (χ4n) is 3.58. The molecule has 0 unspecified atom stereocenters. The van der Waals surface area contributed by atoms with Crippen molar-refractivity contribution in [2.45, 2.75) is 32.7 Å². The van der Waals surface area contributed by atoms with Crippen molar-refractivity contribution in [3.05, 3.63) is 112 Å². The molecule has 4 rings (SSSR count). The first kappa shape index (κ1) is 24.4. The summed E-state index contributed by atoms with van der Waals surface area (Å²) in [6.07, 6.45) is 2.80. The van der Waals surface area contributed by atoms with Crippen LogP contribution in [0.25, 0.3) is 11.7 Å². The van der Waals surface area contributed by atoms with E-state index in [0.29, 0.717) is 11.4 Å². The van der Waals surface area contributed by atoms with E-state index < -0.39 is 11.5 Å². The van der Waals surface area contributed by atoms with Crippen molar-refractivity contribution < 1.29 is 9.53 Å². The van der Waals surface area contributed by atoms with Gasteiger partial charge in [0.1, 0.15) is 28.6 Å². The number of pyridine rings is 1. The van der Waals surface area contributed by atoms with Crippen LogP contribution in [0.3, 0.4) is 0 Å². The third-order valence-corrected chi connectivity index (χ3v) is 5.62. The van der Waals surface area contributed by atoms with E-state index in [2.05, 4.69) is 31.1 Å². The van der Waals surface area contributed by atoms with Gasteiger partial charge in [0.25, 0.3) is 11.5 Å². The highest BCUT2D eigenvalue weighted by atomic mass is 16.5. The molecule has 2 aromatic carbocycles. The molecule has 1 N–H and O–H groups in total. The standard InChI is InChI=1S/C29H26N4O3/c1-29(2,3)22-12-14-23(15-13-22)36-27-24(28(35)33-16-8-7-11-25(33)32-27)17-21(18-30)26(34)31-19-20-9-5-4-6-10-20/h4-17H,19H2,1-3H3,(H,31,34)/b21-17+. The van der Waals surface area contributed by atoms with Crippen LogP contribution in [0.2, 0.25) is 0 Å². The Bertz CT molecular complexity index is 1520. The number of nitrogens with zero attached hydrogens (tertiary/aromatic N) is 3. The number of ether oxygens (including phenoxy) is 1. The van der Waals surface area contributed by atoms with E-state index in [1.807, 2.05) is 48.5 Å². The molecule has 2 aromatic heterocycles. The molecule has 4 aromatic rings. The summed E-state index contributed by atoms with van der Waals surface area (Å²) in [4.78, 5) is 30.6. The van der Waals surface area contributed by atoms with Gasteiger partial charge >= 0.3 is 0 Å². The first-order valence-electron chi connectivity index (χ1n) is 11.5. The van der Waals surface area contributed by atoms with Gasteiger partial charge in [0.15, 0.2) is 0 Å². The maximum absolute atomic E-state index is 13.3. The zero-order valence-corrected chi connectivity index (χ0v) is 20.4. The molecule has 0 aliphatic carbocycles. The maximum atomic E-state index is 13.3. The number of fused-ring (bicyclic) bond motifs is 1. The third-order valence-electron chi connectivity index (χ3n) is 5.62. The van der Waals surface area contributed by atoms with Gasteiger partial charge in [-0.05, 0) is 46.9 Å². The summed E-state index contributed by atoms with van der Waals surface area (Å²) in [5.74, 6) is -0.102. The van der Waals surface area contributed by atoms with Crippen LogP contribution < -0.4 is 15.6 Å². The average Bonchev–Trinajstić information content (AvgIpc) is 2.88. The van der Waals surface area contributed by atoms with Crippen LogP contribution in [0, 0.1) is 11.3 Å². The second-order valence-electron chi connectivity index (χ2n) is 9.28. The lowest BCUT2D eigenvalue weighted by atomic mass is 9.87. The molecule has 0 saturated heterocycles. The number of nitriles is 1. The van der Waals surface area contributed by atoms with Crippen molar-refractivity contribution in [3.63, 3.8) is 0 Å². The van der Waals surface area contributed by atoms with E-state index in [0.717, 1.165) is 11.1 Å². The van der Waals surface area contributed by atoms with Gasteiger partial charge in [-0.15, -0.1) is 0 Å². The maximum Gasteiger partial charge on any atom is 0.269 e. The molecule has 2 heterocycles. The average molecular weight is 479 g/mol. The monoisotopic (exact) mass is 478 g/mol. The second-order valence-corrected chi connectivity index (χ2v) is 9.28. The molecular formula is C29H26N4O3. The topological polar surface area (TPSA) is 96.5 Å². The summed E-state index contributed by atoms with van der Waals surface area (Å²) in [5, 5.41) is 12.4. The number of aromatic nitrogens is 2. The summed E-state index contributed by atoms with van der Waals surface area (Å²) in [7, 11) is 0. The molecular weight excluding hydrogens is 452 g/mol. The third kappa shape index (κ3) is 5.50. The number of carbonyl (C=O) groups excluding carboxylic acids is 1. The molecule has 0 radical (unpaired) electrons. The van der Waals surface area contributed by atoms with Gasteiger partial charge in [-0.25, -0.2) is 0 Å². The lowest BCUT2D eigenvalue weighted by Crippen LogP contribution is -2.25. The fourth-order valence-corrected chi connectivity index (χ4v) is 3.58. The summed E-state index contributed by atoms with van der Waals surface area (Å²) in [6.45, 7) is 6.59. The van der Waals surface area contributed by atoms with Crippen molar-refractivity contribution in [1.29, 1.82) is 5.26 Å². The Balaban J connectivity index is 1.72. The first-order chi connectivity index (χ1) is 17.3. The van der Waals surface area contributed by atoms with Crippen LogP contribution in [0.1, 0.15) is 37.5 Å². The molecule has 0 atom stereocenters. The number of carbonyl (C=O) groups is 1. The number of hydrogen-bond acceptors (Lipinski definition) is 5. The van der Waals surface area contributed by atoms with Crippen molar-refractivity contribution in [3.8, 4) is 17.7 Å². The number of benzene rings is 2. The van der Waals surface area contributed by atoms with Crippen molar-refractivity contribution in [2.75, 3.05) is 0 Å². The minimum absolute atomic E-state index is 0.00464. The molecule has 36 heavy (non-hydrogen) atoms. The number of nitrogens with one attached hydrogen (secondary N) is 1. The smallest absolute Gasteiger partial charge is 0.269 e. The van der Waals surface area contributed by atoms with Crippen LogP contribution in [0.5, 0.6) is 11.6 Å². The van der Waals surface area contributed by atoms with Crippen LogP contribution in [-0.2, 0) is 16.8 Å². The molecule has 0 saturated carbocycles. The lowest BCUT2D eigenvalue weighted by molar-refractivity contribution is -0.117. The van der Waals surface area contributed by atoms with E-state index in [9.17, 15) is 14.9 Å². The Morgan fingerprint density at radius 2 is 1.75 bits per heavy atom. The quantitative estimate of drug-likeness (QED) is 0.310. The van der Waals surface area contributed by atoms with Gasteiger partial charge in [-0.1, -0.05) is 69.3 Å². The van der Waals surface area contributed by atoms with E-state index in [4.69, 9.17) is 4.74 Å². The van der Waals surface area contributed by atoms with E-state index >= 15 is 0 Å². The van der Waals surface area contributed by atoms with Crippen molar-refractivity contribution in [1.82, 2.24) is 14.7 Å². The number of hydrogen-bond donors (Lipinski definition) is 1. The fraction of sp³-hybridized carbons (Fsp3) is 0.172. The van der Waals surface area contributed by atoms with Crippen molar-refractivity contribution >= 4 is 17.6 Å². The summed E-state index contributed by atoms with van der Waals surface area (Å²) in [5.41, 5.74) is 1.69. The second kappa shape index (κ2) is 10.3. The van der Waals surface area contributed by atoms with Gasteiger partial charge in [-0.2, -0.15) is 10.2 Å². The Hall–Kier alpha value is -4.70. The predicted octanol–water partition coefficient (Wildman–Crippen LogP) is 5.01. The summed E-state index contributed by atoms with van der Waals surface area (Å²) < 4.78 is 7.36. The molecule has 1 amide bonds. The first-order valence-corrected chi connectivity index (χ1v) is 11.5. The molecule has 0 spiro atoms. The minimum Gasteiger partial charge on any atom is -0.438 e. The molecule has 0 bridgehead atoms. The predicted molar refractivity (Wildman–Crippen MR) is 139 cm³/mol. The molecule has 0 fully saturated rings. The zero-order chi connectivity index (χ0) is 25.7. The van der Waals surface area contributed by atoms with E-state index in [-0.39, 0.29) is 29.0 Å². The van der Waals surface area contributed by atoms with Crippen LogP contribution in [-0.4, -0.2) is 15.3 Å². The largest absolute Gasteiger partial charge is 0.438 e. The van der Waals surface area contributed by atoms with Gasteiger partial charge in [0, 0.05) is 12.7 Å². The number of amides is 1. The molecule has 180 valence electrons. The van der Waals surface area contributed by atoms with E-state index in [1.54, 1.807) is 36.5 Å². The number of rotatable bonds is 6. The van der Waals surface area contributed by atoms with Gasteiger partial charge < -0.3 is 10.1 Å². The molecule has 0 aliphatic rings. The van der Waals surface area contributed by atoms with Gasteiger partial charge in [-0.3, -0.25) is 14.0 Å². The Morgan fingerprint density at radius 3 is 2.42 bits per heavy atom. The Kier molecular flexibility index (Phi) is 6.98. The highest BCUT2D eigenvalue weighted by Gasteiger charge is 2.18. The highest BCUT2D eigenvalue weighted by Crippen LogP contribution is 2.28. The zero-order valence-electron chi connectivity index (χ0n) is 20.4. The minimum atomic E-state index is -0.598. The summed E-state index contributed by atoms with van der Waals surface area (Å²) in [6, 6.07) is 23.9. The Labute approximate surface area is 209 Å². The van der Waals surface area contributed by atoms with Gasteiger partial charge in [0.05, 0.1) is 0 Å². The van der Waals surface area contributed by atoms with Crippen LogP contribution in [0.4, 0.5) is 0 Å². The normalized spacial score (nSPS) is 11.7. The van der Waals surface area contributed by atoms with Gasteiger partial charge in [0.2, 0.25) is 5.88 Å². The summed E-state index contributed by atoms with van der Waals surface area (Å²) >= 11 is 0. The van der Waals surface area contributed by atoms with E-state index in [1.165, 1.54) is 10.5 Å². The highest BCUT2D eigenvalue weighted by molar-refractivity contribution is 6.01. The van der Waals surface area contributed by atoms with Crippen LogP contribution in [0.15, 0.2) is 89.4 Å². The molecule has 7 nitrogen and oxygen atoms in total. The van der Waals surface area contributed by atoms with Crippen molar-refractivity contribution in [2.24, 2.45) is 0 Å².